The smallest absolute Gasteiger partial charge is 0.0290 e. The summed E-state index contributed by atoms with van der Waals surface area (Å²) in [7, 11) is 0. The van der Waals surface area contributed by atoms with E-state index in [1.54, 1.807) is 0 Å². The molecule has 0 unspecified atom stereocenters. The minimum atomic E-state index is 0.724. The zero-order valence-electron chi connectivity index (χ0n) is 6.85. The Morgan fingerprint density at radius 3 is 2.44 bits per heavy atom. The van der Waals surface area contributed by atoms with E-state index in [0.717, 1.165) is 5.92 Å². The summed E-state index contributed by atoms with van der Waals surface area (Å²) in [6.07, 6.45) is 8.46. The highest BCUT2D eigenvalue weighted by atomic mass is 13.9. The van der Waals surface area contributed by atoms with Gasteiger partial charge in [-0.2, -0.15) is 0 Å². The third kappa shape index (κ3) is 7.74. The van der Waals surface area contributed by atoms with Gasteiger partial charge in [0.25, 0.3) is 0 Å². The van der Waals surface area contributed by atoms with Gasteiger partial charge in [-0.1, -0.05) is 45.8 Å². The van der Waals surface area contributed by atoms with Gasteiger partial charge in [0.15, 0.2) is 0 Å². The van der Waals surface area contributed by atoms with Gasteiger partial charge in [-0.25, -0.2) is 0 Å². The van der Waals surface area contributed by atoms with E-state index in [-0.39, 0.29) is 0 Å². The fraction of sp³-hybridized carbons (Fsp3) is 0.778. The third-order valence-electron chi connectivity index (χ3n) is 1.25. The first-order valence-corrected chi connectivity index (χ1v) is 3.94. The Kier molecular flexibility index (Phi) is 5.70. The van der Waals surface area contributed by atoms with E-state index in [4.69, 9.17) is 0 Å². The van der Waals surface area contributed by atoms with Gasteiger partial charge >= 0.3 is 0 Å². The van der Waals surface area contributed by atoms with Gasteiger partial charge in [0.2, 0.25) is 0 Å². The predicted octanol–water partition coefficient (Wildman–Crippen LogP) is 3.39. The summed E-state index contributed by atoms with van der Waals surface area (Å²) in [4.78, 5) is 0. The summed E-state index contributed by atoms with van der Waals surface area (Å²) < 4.78 is 0. The fourth-order valence-corrected chi connectivity index (χ4v) is 0.690. The Hall–Kier alpha value is -0.260. The standard InChI is InChI=1S/C9H18/c1-4-5-6-7-8-9(2)3/h7-9H,4-6H2,1-3H3/b8-7+. The van der Waals surface area contributed by atoms with Crippen molar-refractivity contribution in [3.8, 4) is 0 Å². The first kappa shape index (κ1) is 8.74. The first-order chi connectivity index (χ1) is 4.27. The van der Waals surface area contributed by atoms with Crippen LogP contribution in [0, 0.1) is 5.92 Å². The quantitative estimate of drug-likeness (QED) is 0.400. The van der Waals surface area contributed by atoms with E-state index >= 15 is 0 Å². The van der Waals surface area contributed by atoms with Crippen LogP contribution in [-0.4, -0.2) is 0 Å². The lowest BCUT2D eigenvalue weighted by atomic mass is 10.1. The van der Waals surface area contributed by atoms with Crippen LogP contribution in [0.5, 0.6) is 0 Å². The van der Waals surface area contributed by atoms with Crippen molar-refractivity contribution in [3.05, 3.63) is 12.2 Å². The molecule has 0 nitrogen and oxygen atoms in total. The predicted molar refractivity (Wildman–Crippen MR) is 43.5 cm³/mol. The van der Waals surface area contributed by atoms with Gasteiger partial charge in [0.1, 0.15) is 0 Å². The van der Waals surface area contributed by atoms with E-state index in [0.29, 0.717) is 0 Å². The molecule has 0 spiro atoms. The lowest BCUT2D eigenvalue weighted by Gasteiger charge is -1.92. The molecule has 0 aromatic carbocycles. The number of unbranched alkanes of at least 4 members (excludes halogenated alkanes) is 2. The topological polar surface area (TPSA) is 0 Å². The lowest BCUT2D eigenvalue weighted by Crippen LogP contribution is -1.76. The van der Waals surface area contributed by atoms with E-state index < -0.39 is 0 Å². The van der Waals surface area contributed by atoms with Gasteiger partial charge in [0.05, 0.1) is 0 Å². The highest BCUT2D eigenvalue weighted by Gasteiger charge is 1.82. The molecular formula is C9H18. The second-order valence-electron chi connectivity index (χ2n) is 2.81. The molecule has 0 heteroatoms. The van der Waals surface area contributed by atoms with Crippen LogP contribution >= 0.6 is 0 Å². The molecule has 0 fully saturated rings. The summed E-state index contributed by atoms with van der Waals surface area (Å²) in [6.45, 7) is 6.65. The highest BCUT2D eigenvalue weighted by Crippen LogP contribution is 1.99. The van der Waals surface area contributed by atoms with Gasteiger partial charge < -0.3 is 0 Å². The van der Waals surface area contributed by atoms with Crippen molar-refractivity contribution in [2.45, 2.75) is 40.0 Å². The van der Waals surface area contributed by atoms with E-state index in [1.165, 1.54) is 19.3 Å². The number of rotatable bonds is 4. The molecule has 0 aliphatic rings. The molecule has 0 aromatic heterocycles. The average molecular weight is 126 g/mol. The van der Waals surface area contributed by atoms with Crippen LogP contribution in [-0.2, 0) is 0 Å². The Morgan fingerprint density at radius 1 is 1.33 bits per heavy atom. The van der Waals surface area contributed by atoms with E-state index in [9.17, 15) is 0 Å². The summed E-state index contributed by atoms with van der Waals surface area (Å²) in [5, 5.41) is 0. The molecule has 0 radical (unpaired) electrons. The van der Waals surface area contributed by atoms with E-state index in [2.05, 4.69) is 32.9 Å². The van der Waals surface area contributed by atoms with Crippen molar-refractivity contribution >= 4 is 0 Å². The molecule has 0 heterocycles. The van der Waals surface area contributed by atoms with Crippen molar-refractivity contribution in [1.29, 1.82) is 0 Å². The largest absolute Gasteiger partial charge is 0.0883 e. The minimum Gasteiger partial charge on any atom is -0.0883 e. The Balaban J connectivity index is 3.04. The number of allylic oxidation sites excluding steroid dienone is 2. The van der Waals surface area contributed by atoms with Crippen LogP contribution in [0.2, 0.25) is 0 Å². The normalized spacial score (nSPS) is 11.6. The molecule has 0 aliphatic carbocycles. The van der Waals surface area contributed by atoms with Gasteiger partial charge in [-0.05, 0) is 12.3 Å². The number of hydrogen-bond acceptors (Lipinski definition) is 0. The van der Waals surface area contributed by atoms with Crippen LogP contribution in [0.15, 0.2) is 12.2 Å². The van der Waals surface area contributed by atoms with Gasteiger partial charge in [0, 0.05) is 0 Å². The molecule has 0 atom stereocenters. The molecule has 0 bridgehead atoms. The van der Waals surface area contributed by atoms with Crippen LogP contribution in [0.4, 0.5) is 0 Å². The molecule has 54 valence electrons. The van der Waals surface area contributed by atoms with Crippen molar-refractivity contribution in [1.82, 2.24) is 0 Å². The first-order valence-electron chi connectivity index (χ1n) is 3.94. The highest BCUT2D eigenvalue weighted by molar-refractivity contribution is 4.83. The third-order valence-corrected chi connectivity index (χ3v) is 1.25. The maximum atomic E-state index is 2.29. The molecular weight excluding hydrogens is 108 g/mol. The molecule has 0 saturated carbocycles. The van der Waals surface area contributed by atoms with Crippen molar-refractivity contribution in [2.24, 2.45) is 5.92 Å². The minimum absolute atomic E-state index is 0.724. The Bertz CT molecular complexity index is 70.1. The zero-order chi connectivity index (χ0) is 7.11. The maximum absolute atomic E-state index is 2.29. The molecule has 0 amide bonds. The second kappa shape index (κ2) is 5.87. The Morgan fingerprint density at radius 2 is 2.00 bits per heavy atom. The SMILES string of the molecule is CCCC/C=C/C(C)C. The summed E-state index contributed by atoms with van der Waals surface area (Å²) in [6, 6.07) is 0. The molecule has 0 saturated heterocycles. The van der Waals surface area contributed by atoms with Gasteiger partial charge in [-0.15, -0.1) is 0 Å². The van der Waals surface area contributed by atoms with Crippen LogP contribution in [0.1, 0.15) is 40.0 Å². The van der Waals surface area contributed by atoms with E-state index in [1.807, 2.05) is 0 Å². The van der Waals surface area contributed by atoms with Crippen LogP contribution < -0.4 is 0 Å². The van der Waals surface area contributed by atoms with Crippen molar-refractivity contribution < 1.29 is 0 Å². The lowest BCUT2D eigenvalue weighted by molar-refractivity contribution is 0.788. The Labute approximate surface area is 59.0 Å². The zero-order valence-corrected chi connectivity index (χ0v) is 6.85. The molecule has 0 rings (SSSR count). The summed E-state index contributed by atoms with van der Waals surface area (Å²) in [5.74, 6) is 0.724. The fourth-order valence-electron chi connectivity index (χ4n) is 0.690. The molecule has 0 aliphatic heterocycles. The summed E-state index contributed by atoms with van der Waals surface area (Å²) >= 11 is 0. The molecule has 0 N–H and O–H groups in total. The van der Waals surface area contributed by atoms with Crippen LogP contribution in [0.3, 0.4) is 0 Å². The van der Waals surface area contributed by atoms with Gasteiger partial charge in [-0.3, -0.25) is 0 Å². The average Bonchev–Trinajstić information content (AvgIpc) is 1.80. The maximum Gasteiger partial charge on any atom is -0.0290 e. The van der Waals surface area contributed by atoms with Crippen molar-refractivity contribution in [3.63, 3.8) is 0 Å². The number of hydrogen-bond donors (Lipinski definition) is 0. The molecule has 0 aromatic rings. The second-order valence-corrected chi connectivity index (χ2v) is 2.81. The monoisotopic (exact) mass is 126 g/mol. The molecule has 9 heavy (non-hydrogen) atoms. The van der Waals surface area contributed by atoms with Crippen molar-refractivity contribution in [2.75, 3.05) is 0 Å². The van der Waals surface area contributed by atoms with Crippen LogP contribution in [0.25, 0.3) is 0 Å². The summed E-state index contributed by atoms with van der Waals surface area (Å²) in [5.41, 5.74) is 0.